The first kappa shape index (κ1) is 29.3. The number of ether oxygens (including phenoxy) is 3. The molecule has 3 aromatic rings. The molecule has 1 aliphatic rings. The molecule has 14 heteroatoms. The zero-order chi connectivity index (χ0) is 29.0. The Hall–Kier alpha value is -3.68. The van der Waals surface area contributed by atoms with Crippen molar-refractivity contribution < 1.29 is 32.5 Å². The van der Waals surface area contributed by atoms with E-state index in [0.717, 1.165) is 16.2 Å². The van der Waals surface area contributed by atoms with Crippen molar-refractivity contribution in [2.24, 2.45) is 7.05 Å². The number of halogens is 4. The van der Waals surface area contributed by atoms with Gasteiger partial charge in [-0.3, -0.25) is 13.9 Å². The van der Waals surface area contributed by atoms with Crippen LogP contribution in [0.3, 0.4) is 0 Å². The second-order valence-corrected chi connectivity index (χ2v) is 9.42. The molecular weight excluding hydrogens is 557 g/mol. The van der Waals surface area contributed by atoms with Crippen LogP contribution in [0.4, 0.5) is 24.7 Å². The Morgan fingerprint density at radius 1 is 1.02 bits per heavy atom. The Bertz CT molecular complexity index is 1440. The van der Waals surface area contributed by atoms with E-state index in [0.29, 0.717) is 17.3 Å². The van der Waals surface area contributed by atoms with Crippen LogP contribution in [-0.2, 0) is 24.9 Å². The average Bonchev–Trinajstić information content (AvgIpc) is 3.16. The summed E-state index contributed by atoms with van der Waals surface area (Å²) in [6, 6.07) is 12.3. The van der Waals surface area contributed by atoms with Gasteiger partial charge in [0.25, 0.3) is 5.56 Å². The van der Waals surface area contributed by atoms with Gasteiger partial charge in [-0.25, -0.2) is 4.79 Å². The molecule has 1 N–H and O–H groups in total. The van der Waals surface area contributed by atoms with Crippen LogP contribution in [0.2, 0.25) is 5.02 Å². The molecule has 40 heavy (non-hydrogen) atoms. The highest BCUT2D eigenvalue weighted by Gasteiger charge is 2.40. The van der Waals surface area contributed by atoms with Gasteiger partial charge in [0.1, 0.15) is 23.0 Å². The molecule has 0 amide bonds. The van der Waals surface area contributed by atoms with Crippen LogP contribution >= 0.6 is 11.6 Å². The van der Waals surface area contributed by atoms with E-state index in [1.807, 2.05) is 12.1 Å². The van der Waals surface area contributed by atoms with Gasteiger partial charge in [0, 0.05) is 38.1 Å². The summed E-state index contributed by atoms with van der Waals surface area (Å²) in [6.45, 7) is 0.0190. The minimum Gasteiger partial charge on any atom is -0.493 e. The van der Waals surface area contributed by atoms with Gasteiger partial charge in [-0.05, 0) is 29.8 Å². The van der Waals surface area contributed by atoms with Gasteiger partial charge in [0.15, 0.2) is 0 Å². The van der Waals surface area contributed by atoms with Gasteiger partial charge in [-0.2, -0.15) is 0 Å². The molecule has 1 unspecified atom stereocenters. The van der Waals surface area contributed by atoms with E-state index in [1.165, 1.54) is 29.8 Å². The highest BCUT2D eigenvalue weighted by molar-refractivity contribution is 6.30. The van der Waals surface area contributed by atoms with Crippen molar-refractivity contribution in [3.8, 4) is 11.5 Å². The highest BCUT2D eigenvalue weighted by Crippen LogP contribution is 2.36. The van der Waals surface area contributed by atoms with E-state index in [4.69, 9.17) is 21.1 Å². The van der Waals surface area contributed by atoms with Crippen LogP contribution in [0.1, 0.15) is 12.0 Å². The van der Waals surface area contributed by atoms with Crippen molar-refractivity contribution in [2.75, 3.05) is 36.7 Å². The highest BCUT2D eigenvalue weighted by atomic mass is 35.5. The van der Waals surface area contributed by atoms with Crippen LogP contribution in [-0.4, -0.2) is 53.8 Å². The lowest BCUT2D eigenvalue weighted by Gasteiger charge is -2.30. The number of fused-ring (bicyclic) bond motifs is 1. The molecule has 4 rings (SSSR count). The second kappa shape index (κ2) is 12.2. The molecule has 0 fully saturated rings. The number of anilines is 2. The lowest BCUT2D eigenvalue weighted by atomic mass is 10.2. The van der Waals surface area contributed by atoms with E-state index in [1.54, 1.807) is 29.0 Å². The summed E-state index contributed by atoms with van der Waals surface area (Å²) in [7, 11) is 3.24. The van der Waals surface area contributed by atoms with Crippen LogP contribution in [0.15, 0.2) is 58.1 Å². The molecule has 1 aliphatic heterocycles. The number of alkyl halides is 3. The van der Waals surface area contributed by atoms with Crippen LogP contribution < -0.4 is 30.5 Å². The van der Waals surface area contributed by atoms with Gasteiger partial charge in [-0.15, -0.1) is 13.2 Å². The number of hydrogen-bond donors (Lipinski definition) is 1. The van der Waals surface area contributed by atoms with E-state index in [-0.39, 0.29) is 50.1 Å². The predicted octanol–water partition coefficient (Wildman–Crippen LogP) is 3.32. The Kier molecular flexibility index (Phi) is 8.96. The molecule has 0 saturated carbocycles. The lowest BCUT2D eigenvalue weighted by molar-refractivity contribution is -0.274. The Labute approximate surface area is 232 Å². The fraction of sp³-hybridized carbons (Fsp3) is 0.385. The van der Waals surface area contributed by atoms with Crippen molar-refractivity contribution in [1.29, 1.82) is 0 Å². The Balaban J connectivity index is 1.50. The van der Waals surface area contributed by atoms with Crippen LogP contribution in [0.5, 0.6) is 11.5 Å². The molecule has 1 aromatic heterocycles. The molecule has 0 radical (unpaired) electrons. The summed E-state index contributed by atoms with van der Waals surface area (Å²) in [5, 5.41) is 9.97. The molecule has 0 saturated heterocycles. The maximum atomic E-state index is 13.4. The van der Waals surface area contributed by atoms with Crippen LogP contribution in [0, 0.1) is 0 Å². The standard InChI is InChI=1S/C26H28ClF3N4O6/c1-31-22-21(23(36)33(11-12-35)24(31)37)34(16-17-7-9-18(27)10-8-17)25(32(22)2)39-14-4-13-38-19-5-3-6-20(15-19)40-26(28,29)30/h3,5-10,15,25,35H,4,11-14,16H2,1-2H3. The third-order valence-electron chi connectivity index (χ3n) is 6.17. The fourth-order valence-corrected chi connectivity index (χ4v) is 4.59. The van der Waals surface area contributed by atoms with Crippen molar-refractivity contribution >= 4 is 23.1 Å². The van der Waals surface area contributed by atoms with Gasteiger partial charge in [-0.1, -0.05) is 29.8 Å². The number of aliphatic hydroxyl groups is 1. The van der Waals surface area contributed by atoms with Gasteiger partial charge in [0.2, 0.25) is 6.35 Å². The number of benzene rings is 2. The molecule has 0 spiro atoms. The monoisotopic (exact) mass is 584 g/mol. The topological polar surface area (TPSA) is 98.4 Å². The number of aliphatic hydroxyl groups excluding tert-OH is 1. The number of aromatic nitrogens is 2. The Morgan fingerprint density at radius 3 is 2.40 bits per heavy atom. The fourth-order valence-electron chi connectivity index (χ4n) is 4.46. The maximum Gasteiger partial charge on any atom is 0.573 e. The molecule has 2 aromatic carbocycles. The molecule has 0 aliphatic carbocycles. The zero-order valence-corrected chi connectivity index (χ0v) is 22.5. The largest absolute Gasteiger partial charge is 0.573 e. The minimum atomic E-state index is -4.81. The average molecular weight is 585 g/mol. The van der Waals surface area contributed by atoms with Crippen LogP contribution in [0.25, 0.3) is 0 Å². The van der Waals surface area contributed by atoms with Crippen molar-refractivity contribution in [2.45, 2.75) is 32.2 Å². The molecule has 2 heterocycles. The Morgan fingerprint density at radius 2 is 1.73 bits per heavy atom. The summed E-state index contributed by atoms with van der Waals surface area (Å²) in [5.41, 5.74) is -0.0357. The molecular formula is C26H28ClF3N4O6. The number of nitrogens with zero attached hydrogens (tertiary/aromatic N) is 4. The third-order valence-corrected chi connectivity index (χ3v) is 6.42. The smallest absolute Gasteiger partial charge is 0.493 e. The summed E-state index contributed by atoms with van der Waals surface area (Å²) < 4.78 is 55.4. The zero-order valence-electron chi connectivity index (χ0n) is 21.7. The summed E-state index contributed by atoms with van der Waals surface area (Å²) >= 11 is 6.03. The quantitative estimate of drug-likeness (QED) is 0.343. The third kappa shape index (κ3) is 6.54. The normalized spacial score (nSPS) is 14.9. The first-order valence-corrected chi connectivity index (χ1v) is 12.7. The van der Waals surface area contributed by atoms with Gasteiger partial charge >= 0.3 is 12.1 Å². The van der Waals surface area contributed by atoms with E-state index < -0.39 is 24.0 Å². The molecule has 0 bridgehead atoms. The number of hydrogen-bond acceptors (Lipinski definition) is 8. The first-order valence-electron chi connectivity index (χ1n) is 12.3. The van der Waals surface area contributed by atoms with Crippen molar-refractivity contribution in [3.05, 3.63) is 80.0 Å². The molecule has 1 atom stereocenters. The maximum absolute atomic E-state index is 13.4. The summed E-state index contributed by atoms with van der Waals surface area (Å²) in [5.74, 6) is 0.179. The summed E-state index contributed by atoms with van der Waals surface area (Å²) in [6.07, 6.45) is -5.20. The molecule has 216 valence electrons. The van der Waals surface area contributed by atoms with E-state index in [9.17, 15) is 27.9 Å². The molecule has 10 nitrogen and oxygen atoms in total. The number of rotatable bonds is 11. The second-order valence-electron chi connectivity index (χ2n) is 8.98. The van der Waals surface area contributed by atoms with E-state index >= 15 is 0 Å². The van der Waals surface area contributed by atoms with Gasteiger partial charge < -0.3 is 29.1 Å². The first-order chi connectivity index (χ1) is 19.0. The van der Waals surface area contributed by atoms with E-state index in [2.05, 4.69) is 4.74 Å². The SMILES string of the molecule is CN1c2c(c(=O)n(CCO)c(=O)n2C)N(Cc2ccc(Cl)cc2)C1OCCCOc1cccc(OC(F)(F)F)c1. The predicted molar refractivity (Wildman–Crippen MR) is 142 cm³/mol. The van der Waals surface area contributed by atoms with Crippen molar-refractivity contribution in [1.82, 2.24) is 9.13 Å². The van der Waals surface area contributed by atoms with Gasteiger partial charge in [0.05, 0.1) is 26.4 Å². The van der Waals surface area contributed by atoms with Crippen molar-refractivity contribution in [3.63, 3.8) is 0 Å². The lowest BCUT2D eigenvalue weighted by Crippen LogP contribution is -2.44. The minimum absolute atomic E-state index is 0.137. The summed E-state index contributed by atoms with van der Waals surface area (Å²) in [4.78, 5) is 29.7.